The lowest BCUT2D eigenvalue weighted by atomic mass is 10.1. The van der Waals surface area contributed by atoms with Crippen molar-refractivity contribution < 1.29 is 24.4 Å². The third kappa shape index (κ3) is 3.43. The molecular weight excluding hydrogens is 304 g/mol. The van der Waals surface area contributed by atoms with Gasteiger partial charge in [-0.2, -0.15) is 0 Å². The highest BCUT2D eigenvalue weighted by Gasteiger charge is 2.18. The van der Waals surface area contributed by atoms with E-state index in [9.17, 15) is 24.8 Å². The lowest BCUT2D eigenvalue weighted by Gasteiger charge is -2.12. The number of esters is 1. The lowest BCUT2D eigenvalue weighted by molar-refractivity contribution is -0.384. The zero-order valence-corrected chi connectivity index (χ0v) is 12.0. The molecule has 0 radical (unpaired) electrons. The lowest BCUT2D eigenvalue weighted by Crippen LogP contribution is -2.08. The predicted molar refractivity (Wildman–Crippen MR) is 81.1 cm³/mol. The number of ether oxygens (including phenoxy) is 1. The number of hydrogen-bond donors (Lipinski definition) is 2. The Bertz CT molecular complexity index is 787. The standard InChI is InChI=1S/C15H12N2O6/c1-23-15(20)10-4-2-3-5-12(10)16-13-7-6-9(17(21)22)8-11(13)14(18)19/h2-8,16H,1H3,(H,18,19). The molecular formula is C15H12N2O6. The summed E-state index contributed by atoms with van der Waals surface area (Å²) in [6.07, 6.45) is 0. The van der Waals surface area contributed by atoms with E-state index in [0.29, 0.717) is 5.69 Å². The third-order valence-corrected chi connectivity index (χ3v) is 3.05. The van der Waals surface area contributed by atoms with E-state index in [1.807, 2.05) is 0 Å². The number of nitrogens with one attached hydrogen (secondary N) is 1. The molecule has 2 aromatic rings. The van der Waals surface area contributed by atoms with Crippen molar-refractivity contribution in [1.29, 1.82) is 0 Å². The van der Waals surface area contributed by atoms with Gasteiger partial charge in [0.2, 0.25) is 0 Å². The van der Waals surface area contributed by atoms with Gasteiger partial charge in [-0.25, -0.2) is 9.59 Å². The van der Waals surface area contributed by atoms with Crippen LogP contribution in [0.3, 0.4) is 0 Å². The maximum Gasteiger partial charge on any atom is 0.339 e. The average Bonchev–Trinajstić information content (AvgIpc) is 2.54. The molecule has 8 nitrogen and oxygen atoms in total. The highest BCUT2D eigenvalue weighted by Crippen LogP contribution is 2.27. The zero-order valence-electron chi connectivity index (χ0n) is 12.0. The molecule has 2 N–H and O–H groups in total. The van der Waals surface area contributed by atoms with Gasteiger partial charge in [0.15, 0.2) is 0 Å². The molecule has 0 spiro atoms. The molecule has 0 saturated carbocycles. The van der Waals surface area contributed by atoms with Crippen LogP contribution in [0.5, 0.6) is 0 Å². The van der Waals surface area contributed by atoms with Crippen molar-refractivity contribution in [2.24, 2.45) is 0 Å². The first-order valence-corrected chi connectivity index (χ1v) is 6.40. The smallest absolute Gasteiger partial charge is 0.339 e. The summed E-state index contributed by atoms with van der Waals surface area (Å²) >= 11 is 0. The topological polar surface area (TPSA) is 119 Å². The van der Waals surface area contributed by atoms with Crippen molar-refractivity contribution in [1.82, 2.24) is 0 Å². The molecule has 0 aromatic heterocycles. The second kappa shape index (κ2) is 6.56. The van der Waals surface area contributed by atoms with Crippen molar-refractivity contribution in [3.8, 4) is 0 Å². The Labute approximate surface area is 130 Å². The summed E-state index contributed by atoms with van der Waals surface area (Å²) in [5, 5.41) is 22.8. The number of carboxylic acids is 1. The molecule has 0 fully saturated rings. The molecule has 0 saturated heterocycles. The molecule has 2 rings (SSSR count). The summed E-state index contributed by atoms with van der Waals surface area (Å²) in [6, 6.07) is 9.77. The van der Waals surface area contributed by atoms with E-state index >= 15 is 0 Å². The van der Waals surface area contributed by atoms with Gasteiger partial charge in [-0.05, 0) is 18.2 Å². The monoisotopic (exact) mass is 316 g/mol. The van der Waals surface area contributed by atoms with Crippen LogP contribution in [-0.2, 0) is 4.74 Å². The van der Waals surface area contributed by atoms with Crippen molar-refractivity contribution in [2.75, 3.05) is 12.4 Å². The Morgan fingerprint density at radius 2 is 1.78 bits per heavy atom. The Hall–Kier alpha value is -3.42. The summed E-state index contributed by atoms with van der Waals surface area (Å²) in [5.41, 5.74) is 0.0490. The number of methoxy groups -OCH3 is 1. The summed E-state index contributed by atoms with van der Waals surface area (Å²) in [7, 11) is 1.23. The largest absolute Gasteiger partial charge is 0.478 e. The number of aromatic carboxylic acids is 1. The Balaban J connectivity index is 2.47. The molecule has 0 aliphatic rings. The van der Waals surface area contributed by atoms with Gasteiger partial charge in [0.05, 0.1) is 34.5 Å². The predicted octanol–water partition coefficient (Wildman–Crippen LogP) is 2.82. The number of nitro groups is 1. The van der Waals surface area contributed by atoms with Gasteiger partial charge in [-0.15, -0.1) is 0 Å². The zero-order chi connectivity index (χ0) is 17.0. The highest BCUT2D eigenvalue weighted by molar-refractivity contribution is 5.99. The molecule has 0 aliphatic heterocycles. The van der Waals surface area contributed by atoms with E-state index in [1.54, 1.807) is 18.2 Å². The molecule has 2 aromatic carbocycles. The number of nitrogens with zero attached hydrogens (tertiary/aromatic N) is 1. The first-order valence-electron chi connectivity index (χ1n) is 6.40. The molecule has 8 heteroatoms. The van der Waals surface area contributed by atoms with Crippen LogP contribution in [0.2, 0.25) is 0 Å². The van der Waals surface area contributed by atoms with Crippen LogP contribution in [0.4, 0.5) is 17.1 Å². The summed E-state index contributed by atoms with van der Waals surface area (Å²) in [6.45, 7) is 0. The maximum atomic E-state index is 11.7. The van der Waals surface area contributed by atoms with Crippen molar-refractivity contribution in [2.45, 2.75) is 0 Å². The minimum Gasteiger partial charge on any atom is -0.478 e. The Morgan fingerprint density at radius 3 is 2.39 bits per heavy atom. The van der Waals surface area contributed by atoms with Crippen LogP contribution in [0, 0.1) is 10.1 Å². The minimum absolute atomic E-state index is 0.124. The number of nitro benzene ring substituents is 1. The Morgan fingerprint density at radius 1 is 1.13 bits per heavy atom. The van der Waals surface area contributed by atoms with Gasteiger partial charge >= 0.3 is 11.9 Å². The van der Waals surface area contributed by atoms with Crippen LogP contribution in [0.1, 0.15) is 20.7 Å². The van der Waals surface area contributed by atoms with Crippen LogP contribution in [0.15, 0.2) is 42.5 Å². The molecule has 0 atom stereocenters. The second-order valence-electron chi connectivity index (χ2n) is 4.45. The number of non-ortho nitro benzene ring substituents is 1. The van der Waals surface area contributed by atoms with Gasteiger partial charge in [0, 0.05) is 12.1 Å². The van der Waals surface area contributed by atoms with Gasteiger partial charge in [-0.3, -0.25) is 10.1 Å². The fourth-order valence-electron chi connectivity index (χ4n) is 1.96. The SMILES string of the molecule is COC(=O)c1ccccc1Nc1ccc([N+](=O)[O-])cc1C(=O)O. The summed E-state index contributed by atoms with van der Waals surface area (Å²) in [4.78, 5) is 33.1. The number of hydrogen-bond acceptors (Lipinski definition) is 6. The van der Waals surface area contributed by atoms with Gasteiger partial charge in [0.1, 0.15) is 0 Å². The molecule has 0 aliphatic carbocycles. The second-order valence-corrected chi connectivity index (χ2v) is 4.45. The highest BCUT2D eigenvalue weighted by atomic mass is 16.6. The molecule has 0 heterocycles. The van der Waals surface area contributed by atoms with Crippen LogP contribution < -0.4 is 5.32 Å². The molecule has 0 unspecified atom stereocenters. The minimum atomic E-state index is -1.33. The number of carbonyl (C=O) groups excluding carboxylic acids is 1. The average molecular weight is 316 g/mol. The van der Waals surface area contributed by atoms with Gasteiger partial charge < -0.3 is 15.2 Å². The normalized spacial score (nSPS) is 9.96. The molecule has 23 heavy (non-hydrogen) atoms. The quantitative estimate of drug-likeness (QED) is 0.494. The molecule has 0 bridgehead atoms. The van der Waals surface area contributed by atoms with E-state index in [2.05, 4.69) is 10.1 Å². The summed E-state index contributed by atoms with van der Waals surface area (Å²) < 4.78 is 4.66. The van der Waals surface area contributed by atoms with Gasteiger partial charge in [-0.1, -0.05) is 12.1 Å². The molecule has 0 amide bonds. The number of para-hydroxylation sites is 1. The van der Waals surface area contributed by atoms with E-state index in [0.717, 1.165) is 6.07 Å². The van der Waals surface area contributed by atoms with Crippen LogP contribution in [0.25, 0.3) is 0 Å². The van der Waals surface area contributed by atoms with Gasteiger partial charge in [0.25, 0.3) is 5.69 Å². The number of carboxylic acid groups (broad SMARTS) is 1. The van der Waals surface area contributed by atoms with E-state index in [1.165, 1.54) is 25.3 Å². The number of anilines is 2. The molecule has 118 valence electrons. The first kappa shape index (κ1) is 16.0. The number of carbonyl (C=O) groups is 2. The number of rotatable bonds is 5. The Kier molecular flexibility index (Phi) is 4.55. The maximum absolute atomic E-state index is 11.7. The number of benzene rings is 2. The first-order chi connectivity index (χ1) is 10.9. The van der Waals surface area contributed by atoms with E-state index in [-0.39, 0.29) is 22.5 Å². The third-order valence-electron chi connectivity index (χ3n) is 3.05. The summed E-state index contributed by atoms with van der Waals surface area (Å²) in [5.74, 6) is -1.92. The fraction of sp³-hybridized carbons (Fsp3) is 0.0667. The van der Waals surface area contributed by atoms with Crippen LogP contribution in [-0.4, -0.2) is 29.1 Å². The van der Waals surface area contributed by atoms with Crippen molar-refractivity contribution >= 4 is 29.0 Å². The fourth-order valence-corrected chi connectivity index (χ4v) is 1.96. The van der Waals surface area contributed by atoms with Crippen LogP contribution >= 0.6 is 0 Å². The van der Waals surface area contributed by atoms with Crippen molar-refractivity contribution in [3.63, 3.8) is 0 Å². The van der Waals surface area contributed by atoms with Crippen molar-refractivity contribution in [3.05, 3.63) is 63.7 Å². The van der Waals surface area contributed by atoms with E-state index < -0.39 is 16.9 Å². The van der Waals surface area contributed by atoms with E-state index in [4.69, 9.17) is 0 Å².